The normalized spacial score (nSPS) is 18.5. The van der Waals surface area contributed by atoms with Gasteiger partial charge < -0.3 is 20.4 Å². The fourth-order valence-electron chi connectivity index (χ4n) is 3.46. The van der Waals surface area contributed by atoms with E-state index in [9.17, 15) is 19.8 Å². The van der Waals surface area contributed by atoms with Gasteiger partial charge in [0.1, 0.15) is 0 Å². The highest BCUT2D eigenvalue weighted by Crippen LogP contribution is 2.35. The molecule has 3 N–H and O–H groups in total. The molecule has 29 heavy (non-hydrogen) atoms. The first-order valence-corrected chi connectivity index (χ1v) is 10.9. The Morgan fingerprint density at radius 3 is 2.59 bits per heavy atom. The number of carbonyl (C=O) groups excluding carboxylic acids is 2. The van der Waals surface area contributed by atoms with E-state index in [1.165, 1.54) is 4.90 Å². The average Bonchev–Trinajstić information content (AvgIpc) is 3.37. The van der Waals surface area contributed by atoms with Crippen LogP contribution in [0.5, 0.6) is 0 Å². The minimum Gasteiger partial charge on any atom is -0.380 e. The third-order valence-electron chi connectivity index (χ3n) is 4.88. The van der Waals surface area contributed by atoms with Crippen LogP contribution < -0.4 is 5.32 Å². The first kappa shape index (κ1) is 22.1. The smallest absolute Gasteiger partial charge is 0.255 e. The summed E-state index contributed by atoms with van der Waals surface area (Å²) < 4.78 is 0. The predicted octanol–water partition coefficient (Wildman–Crippen LogP) is 2.80. The third kappa shape index (κ3) is 5.49. The zero-order valence-corrected chi connectivity index (χ0v) is 17.9. The predicted molar refractivity (Wildman–Crippen MR) is 113 cm³/mol. The molecule has 1 saturated heterocycles. The third-order valence-corrected chi connectivity index (χ3v) is 6.25. The number of nitrogens with zero attached hydrogens (tertiary/aromatic N) is 1. The highest BCUT2D eigenvalue weighted by molar-refractivity contribution is 7.09. The van der Waals surface area contributed by atoms with Gasteiger partial charge in [0.25, 0.3) is 11.8 Å². The van der Waals surface area contributed by atoms with Crippen LogP contribution in [0.3, 0.4) is 0 Å². The van der Waals surface area contributed by atoms with Gasteiger partial charge in [-0.05, 0) is 54.5 Å². The van der Waals surface area contributed by atoms with E-state index in [-0.39, 0.29) is 6.04 Å². The number of rotatable bonds is 7. The Labute approximate surface area is 183 Å². The molecule has 1 fully saturated rings. The zero-order chi connectivity index (χ0) is 21.0. The summed E-state index contributed by atoms with van der Waals surface area (Å²) in [6.45, 7) is 0.724. The Kier molecular flexibility index (Phi) is 7.54. The number of nitrogens with one attached hydrogen (secondary N) is 1. The van der Waals surface area contributed by atoms with Gasteiger partial charge in [-0.2, -0.15) is 0 Å². The molecule has 0 saturated carbocycles. The number of thiophene rings is 1. The lowest BCUT2D eigenvalue weighted by Gasteiger charge is -2.28. The van der Waals surface area contributed by atoms with Crippen LogP contribution in [-0.4, -0.2) is 52.2 Å². The van der Waals surface area contributed by atoms with Crippen molar-refractivity contribution >= 4 is 46.4 Å². The Balaban J connectivity index is 1.60. The molecular weight excluding hydrogens is 435 g/mol. The molecule has 3 rings (SSSR count). The number of amides is 2. The molecule has 0 radical (unpaired) electrons. The summed E-state index contributed by atoms with van der Waals surface area (Å²) in [7, 11) is 0. The molecule has 1 aliphatic heterocycles. The van der Waals surface area contributed by atoms with Crippen LogP contribution in [0.15, 0.2) is 35.7 Å². The van der Waals surface area contributed by atoms with E-state index < -0.39 is 24.0 Å². The summed E-state index contributed by atoms with van der Waals surface area (Å²) in [5.41, 5.74) is 0.760. The van der Waals surface area contributed by atoms with Crippen LogP contribution in [0.2, 0.25) is 10.0 Å². The maximum absolute atomic E-state index is 12.8. The molecule has 2 amide bonds. The van der Waals surface area contributed by atoms with Gasteiger partial charge in [-0.25, -0.2) is 0 Å². The number of carbonyl (C=O) groups is 2. The molecule has 9 heteroatoms. The highest BCUT2D eigenvalue weighted by Gasteiger charge is 2.38. The molecule has 156 valence electrons. The maximum Gasteiger partial charge on any atom is 0.255 e. The van der Waals surface area contributed by atoms with E-state index in [2.05, 4.69) is 5.32 Å². The Morgan fingerprint density at radius 2 is 1.93 bits per heavy atom. The van der Waals surface area contributed by atoms with Gasteiger partial charge in [-0.1, -0.05) is 29.3 Å². The number of benzene rings is 1. The lowest BCUT2D eigenvalue weighted by molar-refractivity contribution is -0.153. The lowest BCUT2D eigenvalue weighted by Crippen LogP contribution is -2.50. The summed E-state index contributed by atoms with van der Waals surface area (Å²) in [4.78, 5) is 27.5. The molecule has 1 aliphatic rings. The van der Waals surface area contributed by atoms with Crippen LogP contribution >= 0.6 is 34.5 Å². The number of halogens is 2. The van der Waals surface area contributed by atoms with Gasteiger partial charge in [-0.3, -0.25) is 9.59 Å². The van der Waals surface area contributed by atoms with Crippen molar-refractivity contribution in [3.8, 4) is 0 Å². The number of hydrogen-bond acceptors (Lipinski definition) is 5. The van der Waals surface area contributed by atoms with Crippen LogP contribution in [-0.2, 0) is 16.0 Å². The maximum atomic E-state index is 12.8. The second-order valence-electron chi connectivity index (χ2n) is 6.90. The van der Waals surface area contributed by atoms with Crippen LogP contribution in [0.1, 0.15) is 29.3 Å². The highest BCUT2D eigenvalue weighted by atomic mass is 35.5. The van der Waals surface area contributed by atoms with E-state index in [0.717, 1.165) is 16.9 Å². The standard InChI is InChI=1S/C20H22Cl2N2O4S/c21-13-9-12(10-14(22)11-13)16-4-1-7-24(16)20(28)18(26)17(25)19(27)23-6-5-15-3-2-8-29-15/h2-3,8-11,16-18,25-26H,1,4-7H2,(H,23,27)/t16-,17-,18-/m1/s1. The van der Waals surface area contributed by atoms with Gasteiger partial charge in [0.05, 0.1) is 6.04 Å². The van der Waals surface area contributed by atoms with E-state index >= 15 is 0 Å². The number of hydrogen-bond donors (Lipinski definition) is 3. The van der Waals surface area contributed by atoms with Crippen molar-refractivity contribution in [1.82, 2.24) is 10.2 Å². The van der Waals surface area contributed by atoms with E-state index in [1.54, 1.807) is 29.5 Å². The molecule has 0 unspecified atom stereocenters. The van der Waals surface area contributed by atoms with E-state index in [4.69, 9.17) is 23.2 Å². The topological polar surface area (TPSA) is 89.9 Å². The zero-order valence-electron chi connectivity index (χ0n) is 15.6. The van der Waals surface area contributed by atoms with Crippen molar-refractivity contribution in [2.24, 2.45) is 0 Å². The van der Waals surface area contributed by atoms with Gasteiger partial charge in [0.2, 0.25) is 0 Å². The van der Waals surface area contributed by atoms with Crippen molar-refractivity contribution in [3.63, 3.8) is 0 Å². The second kappa shape index (κ2) is 9.91. The summed E-state index contributed by atoms with van der Waals surface area (Å²) in [5, 5.41) is 25.9. The summed E-state index contributed by atoms with van der Waals surface area (Å²) >= 11 is 13.7. The van der Waals surface area contributed by atoms with E-state index in [1.807, 2.05) is 17.5 Å². The first-order valence-electron chi connectivity index (χ1n) is 9.29. The fraction of sp³-hybridized carbons (Fsp3) is 0.400. The van der Waals surface area contributed by atoms with Crippen molar-refractivity contribution in [2.45, 2.75) is 37.5 Å². The van der Waals surface area contributed by atoms with Gasteiger partial charge in [-0.15, -0.1) is 11.3 Å². The number of likely N-dealkylation sites (tertiary alicyclic amines) is 1. The molecule has 1 aromatic carbocycles. The van der Waals surface area contributed by atoms with Crippen molar-refractivity contribution in [2.75, 3.05) is 13.1 Å². The largest absolute Gasteiger partial charge is 0.380 e. The SMILES string of the molecule is O=C(NCCc1cccs1)[C@H](O)[C@@H](O)C(=O)N1CCC[C@@H]1c1cc(Cl)cc(Cl)c1. The van der Waals surface area contributed by atoms with Gasteiger partial charge in [0, 0.05) is 28.0 Å². The summed E-state index contributed by atoms with van der Waals surface area (Å²) in [6, 6.07) is 8.60. The minimum absolute atomic E-state index is 0.310. The van der Waals surface area contributed by atoms with Crippen LogP contribution in [0.25, 0.3) is 0 Å². The van der Waals surface area contributed by atoms with Crippen LogP contribution in [0, 0.1) is 0 Å². The molecule has 0 bridgehead atoms. The number of aliphatic hydroxyl groups is 2. The molecular formula is C20H22Cl2N2O4S. The van der Waals surface area contributed by atoms with Gasteiger partial charge >= 0.3 is 0 Å². The van der Waals surface area contributed by atoms with E-state index in [0.29, 0.717) is 36.0 Å². The molecule has 2 heterocycles. The summed E-state index contributed by atoms with van der Waals surface area (Å²) in [6.07, 6.45) is -1.65. The molecule has 6 nitrogen and oxygen atoms in total. The van der Waals surface area contributed by atoms with Crippen molar-refractivity contribution in [1.29, 1.82) is 0 Å². The Bertz CT molecular complexity index is 842. The molecule has 0 aliphatic carbocycles. The lowest BCUT2D eigenvalue weighted by atomic mass is 10.0. The van der Waals surface area contributed by atoms with Crippen molar-refractivity contribution < 1.29 is 19.8 Å². The quantitative estimate of drug-likeness (QED) is 0.597. The fourth-order valence-corrected chi connectivity index (χ4v) is 4.71. The molecule has 0 spiro atoms. The Morgan fingerprint density at radius 1 is 1.21 bits per heavy atom. The average molecular weight is 457 g/mol. The monoisotopic (exact) mass is 456 g/mol. The summed E-state index contributed by atoms with van der Waals surface area (Å²) in [5.74, 6) is -1.46. The molecule has 2 aromatic rings. The Hall–Kier alpha value is -1.64. The molecule has 3 atom stereocenters. The minimum atomic E-state index is -1.84. The first-order chi connectivity index (χ1) is 13.9. The van der Waals surface area contributed by atoms with Crippen molar-refractivity contribution in [3.05, 3.63) is 56.2 Å². The number of aliphatic hydroxyl groups excluding tert-OH is 2. The molecule has 1 aromatic heterocycles. The van der Waals surface area contributed by atoms with Gasteiger partial charge in [0.15, 0.2) is 12.2 Å². The van der Waals surface area contributed by atoms with Crippen LogP contribution in [0.4, 0.5) is 0 Å². The second-order valence-corrected chi connectivity index (χ2v) is 8.81.